The standard InChI is InChI=1S/C12H13N3O2/c1-9(10-5-3-2-4-6-10)15-12(17)11(16)14-8-7-13/h2-6,9H,8H2,1H3,(H,14,16)(H,15,17)/t9-/m1/s1. The highest BCUT2D eigenvalue weighted by Gasteiger charge is 2.15. The number of hydrogen-bond acceptors (Lipinski definition) is 3. The van der Waals surface area contributed by atoms with E-state index in [4.69, 9.17) is 5.26 Å². The van der Waals surface area contributed by atoms with Crippen LogP contribution in [-0.2, 0) is 9.59 Å². The predicted octanol–water partition coefficient (Wildman–Crippen LogP) is 0.504. The number of benzene rings is 1. The van der Waals surface area contributed by atoms with Crippen molar-refractivity contribution in [2.75, 3.05) is 6.54 Å². The molecule has 0 saturated carbocycles. The molecule has 2 N–H and O–H groups in total. The zero-order valence-corrected chi connectivity index (χ0v) is 9.43. The summed E-state index contributed by atoms with van der Waals surface area (Å²) in [5.41, 5.74) is 0.911. The van der Waals surface area contributed by atoms with Gasteiger partial charge in [-0.15, -0.1) is 0 Å². The van der Waals surface area contributed by atoms with E-state index >= 15 is 0 Å². The first kappa shape index (κ1) is 12.7. The summed E-state index contributed by atoms with van der Waals surface area (Å²) in [6.07, 6.45) is 0. The Morgan fingerprint density at radius 1 is 1.29 bits per heavy atom. The Bertz CT molecular complexity index is 437. The molecule has 0 aliphatic carbocycles. The fraction of sp³-hybridized carbons (Fsp3) is 0.250. The van der Waals surface area contributed by atoms with Gasteiger partial charge in [0.1, 0.15) is 6.54 Å². The molecule has 1 rings (SSSR count). The molecule has 0 heterocycles. The summed E-state index contributed by atoms with van der Waals surface area (Å²) >= 11 is 0. The van der Waals surface area contributed by atoms with Crippen molar-refractivity contribution < 1.29 is 9.59 Å². The van der Waals surface area contributed by atoms with Crippen LogP contribution < -0.4 is 10.6 Å². The topological polar surface area (TPSA) is 82.0 Å². The molecule has 0 aliphatic heterocycles. The second-order valence-corrected chi connectivity index (χ2v) is 3.45. The molecule has 0 saturated heterocycles. The van der Waals surface area contributed by atoms with Crippen LogP contribution in [0.1, 0.15) is 18.5 Å². The van der Waals surface area contributed by atoms with Gasteiger partial charge in [-0.3, -0.25) is 9.59 Å². The van der Waals surface area contributed by atoms with Gasteiger partial charge in [-0.25, -0.2) is 0 Å². The maximum Gasteiger partial charge on any atom is 0.310 e. The Morgan fingerprint density at radius 2 is 1.94 bits per heavy atom. The lowest BCUT2D eigenvalue weighted by Crippen LogP contribution is -2.41. The summed E-state index contributed by atoms with van der Waals surface area (Å²) in [4.78, 5) is 22.6. The first-order valence-corrected chi connectivity index (χ1v) is 5.15. The maximum atomic E-state index is 11.4. The Balaban J connectivity index is 2.52. The van der Waals surface area contributed by atoms with Crippen molar-refractivity contribution in [2.24, 2.45) is 0 Å². The van der Waals surface area contributed by atoms with Gasteiger partial charge in [0.2, 0.25) is 0 Å². The second kappa shape index (κ2) is 6.28. The number of carbonyl (C=O) groups excluding carboxylic acids is 2. The minimum absolute atomic E-state index is 0.175. The average molecular weight is 231 g/mol. The number of hydrogen-bond donors (Lipinski definition) is 2. The number of nitrogens with zero attached hydrogens (tertiary/aromatic N) is 1. The molecule has 5 nitrogen and oxygen atoms in total. The predicted molar refractivity (Wildman–Crippen MR) is 61.6 cm³/mol. The molecule has 0 radical (unpaired) electrons. The van der Waals surface area contributed by atoms with E-state index in [9.17, 15) is 9.59 Å². The lowest BCUT2D eigenvalue weighted by molar-refractivity contribution is -0.139. The Morgan fingerprint density at radius 3 is 2.53 bits per heavy atom. The number of nitriles is 1. The summed E-state index contributed by atoms with van der Waals surface area (Å²) in [7, 11) is 0. The third-order valence-electron chi connectivity index (χ3n) is 2.18. The van der Waals surface area contributed by atoms with E-state index in [1.165, 1.54) is 0 Å². The van der Waals surface area contributed by atoms with Crippen molar-refractivity contribution in [1.82, 2.24) is 10.6 Å². The molecule has 2 amide bonds. The van der Waals surface area contributed by atoms with Crippen molar-refractivity contribution in [2.45, 2.75) is 13.0 Å². The highest BCUT2D eigenvalue weighted by atomic mass is 16.2. The normalized spacial score (nSPS) is 11.1. The molecule has 0 aliphatic rings. The van der Waals surface area contributed by atoms with Crippen LogP contribution in [0.2, 0.25) is 0 Å². The minimum Gasteiger partial charge on any atom is -0.341 e. The molecular weight excluding hydrogens is 218 g/mol. The SMILES string of the molecule is C[C@@H](NC(=O)C(=O)NCC#N)c1ccccc1. The van der Waals surface area contributed by atoms with Gasteiger partial charge in [-0.05, 0) is 12.5 Å². The van der Waals surface area contributed by atoms with Gasteiger partial charge in [-0.1, -0.05) is 30.3 Å². The lowest BCUT2D eigenvalue weighted by atomic mass is 10.1. The van der Waals surface area contributed by atoms with Crippen molar-refractivity contribution in [1.29, 1.82) is 5.26 Å². The van der Waals surface area contributed by atoms with E-state index in [2.05, 4.69) is 10.6 Å². The largest absolute Gasteiger partial charge is 0.341 e. The molecule has 5 heteroatoms. The molecule has 0 fully saturated rings. The molecule has 1 atom stereocenters. The number of nitrogens with one attached hydrogen (secondary N) is 2. The number of amides is 2. The van der Waals surface area contributed by atoms with Crippen LogP contribution in [0.4, 0.5) is 0 Å². The van der Waals surface area contributed by atoms with E-state index in [1.54, 1.807) is 13.0 Å². The van der Waals surface area contributed by atoms with Crippen LogP contribution in [0.5, 0.6) is 0 Å². The van der Waals surface area contributed by atoms with Gasteiger partial charge in [0, 0.05) is 0 Å². The number of rotatable bonds is 3. The lowest BCUT2D eigenvalue weighted by Gasteiger charge is -2.13. The van der Waals surface area contributed by atoms with Gasteiger partial charge >= 0.3 is 11.8 Å². The van der Waals surface area contributed by atoms with Crippen molar-refractivity contribution in [3.63, 3.8) is 0 Å². The first-order valence-electron chi connectivity index (χ1n) is 5.15. The zero-order chi connectivity index (χ0) is 12.7. The molecule has 1 aromatic rings. The third-order valence-corrected chi connectivity index (χ3v) is 2.18. The molecule has 1 aromatic carbocycles. The summed E-state index contributed by atoms with van der Waals surface area (Å²) in [5, 5.41) is 13.0. The first-order chi connectivity index (χ1) is 8.15. The minimum atomic E-state index is -0.797. The second-order valence-electron chi connectivity index (χ2n) is 3.45. The van der Waals surface area contributed by atoms with E-state index in [-0.39, 0.29) is 12.6 Å². The van der Waals surface area contributed by atoms with Gasteiger partial charge in [0.05, 0.1) is 12.1 Å². The van der Waals surface area contributed by atoms with E-state index in [1.807, 2.05) is 30.3 Å². The highest BCUT2D eigenvalue weighted by molar-refractivity contribution is 6.35. The van der Waals surface area contributed by atoms with Crippen LogP contribution in [0.3, 0.4) is 0 Å². The fourth-order valence-electron chi connectivity index (χ4n) is 1.29. The average Bonchev–Trinajstić information content (AvgIpc) is 2.36. The maximum absolute atomic E-state index is 11.4. The summed E-state index contributed by atoms with van der Waals surface area (Å²) in [6.45, 7) is 1.61. The smallest absolute Gasteiger partial charge is 0.310 e. The van der Waals surface area contributed by atoms with Gasteiger partial charge in [0.25, 0.3) is 0 Å². The molecular formula is C12H13N3O2. The van der Waals surface area contributed by atoms with E-state index in [0.717, 1.165) is 5.56 Å². The monoisotopic (exact) mass is 231 g/mol. The van der Waals surface area contributed by atoms with Gasteiger partial charge in [-0.2, -0.15) is 5.26 Å². The van der Waals surface area contributed by atoms with Crippen LogP contribution in [0, 0.1) is 11.3 Å². The number of carbonyl (C=O) groups is 2. The zero-order valence-electron chi connectivity index (χ0n) is 9.43. The third kappa shape index (κ3) is 3.95. The van der Waals surface area contributed by atoms with Crippen molar-refractivity contribution in [3.05, 3.63) is 35.9 Å². The summed E-state index contributed by atoms with van der Waals surface area (Å²) in [6, 6.07) is 10.8. The Hall–Kier alpha value is -2.35. The van der Waals surface area contributed by atoms with Crippen LogP contribution >= 0.6 is 0 Å². The molecule has 0 aromatic heterocycles. The Labute approximate surface area is 99.4 Å². The van der Waals surface area contributed by atoms with Gasteiger partial charge in [0.15, 0.2) is 0 Å². The van der Waals surface area contributed by atoms with Crippen LogP contribution in [0.15, 0.2) is 30.3 Å². The molecule has 0 spiro atoms. The summed E-state index contributed by atoms with van der Waals surface area (Å²) in [5.74, 6) is -1.54. The fourth-order valence-corrected chi connectivity index (χ4v) is 1.29. The van der Waals surface area contributed by atoms with Crippen molar-refractivity contribution >= 4 is 11.8 Å². The van der Waals surface area contributed by atoms with E-state index in [0.29, 0.717) is 0 Å². The van der Waals surface area contributed by atoms with Gasteiger partial charge < -0.3 is 10.6 Å². The summed E-state index contributed by atoms with van der Waals surface area (Å²) < 4.78 is 0. The van der Waals surface area contributed by atoms with E-state index < -0.39 is 11.8 Å². The molecule has 0 bridgehead atoms. The molecule has 17 heavy (non-hydrogen) atoms. The Kier molecular flexibility index (Phi) is 4.70. The molecule has 88 valence electrons. The van der Waals surface area contributed by atoms with Crippen molar-refractivity contribution in [3.8, 4) is 6.07 Å². The quantitative estimate of drug-likeness (QED) is 0.587. The van der Waals surface area contributed by atoms with Crippen LogP contribution in [0.25, 0.3) is 0 Å². The van der Waals surface area contributed by atoms with Crippen LogP contribution in [-0.4, -0.2) is 18.4 Å². The highest BCUT2D eigenvalue weighted by Crippen LogP contribution is 2.10. The molecule has 0 unspecified atom stereocenters.